The predicted molar refractivity (Wildman–Crippen MR) is 68.6 cm³/mol. The fraction of sp³-hybridized carbons (Fsp3) is 0.462. The Balaban J connectivity index is 2.82. The summed E-state index contributed by atoms with van der Waals surface area (Å²) in [6, 6.07) is 3.36. The Kier molecular flexibility index (Phi) is 5.45. The zero-order valence-corrected chi connectivity index (χ0v) is 11.1. The predicted octanol–water partition coefficient (Wildman–Crippen LogP) is 0.703. The maximum Gasteiger partial charge on any atom is 0.336 e. The van der Waals surface area contributed by atoms with Crippen LogP contribution in [0, 0.1) is 0 Å². The number of aromatic nitrogens is 1. The van der Waals surface area contributed by atoms with Crippen molar-refractivity contribution in [3.8, 4) is 5.88 Å². The lowest BCUT2D eigenvalue weighted by Gasteiger charge is -2.21. The minimum atomic E-state index is -2.30. The van der Waals surface area contributed by atoms with E-state index in [1.807, 2.05) is 0 Å². The molecule has 0 aliphatic heterocycles. The van der Waals surface area contributed by atoms with Gasteiger partial charge in [0.1, 0.15) is 0 Å². The van der Waals surface area contributed by atoms with E-state index in [4.69, 9.17) is 14.9 Å². The molecule has 3 N–H and O–H groups in total. The van der Waals surface area contributed by atoms with Gasteiger partial charge in [-0.1, -0.05) is 6.07 Å². The molecular weight excluding hydrogens is 266 g/mol. The third kappa shape index (κ3) is 4.20. The van der Waals surface area contributed by atoms with E-state index < -0.39 is 24.0 Å². The average molecular weight is 283 g/mol. The number of aliphatic hydroxyl groups is 1. The van der Waals surface area contributed by atoms with Gasteiger partial charge in [0, 0.05) is 11.8 Å². The number of nitrogens with zero attached hydrogens (tertiary/aromatic N) is 1. The lowest BCUT2D eigenvalue weighted by Crippen LogP contribution is -2.41. The maximum atomic E-state index is 11.0. The summed E-state index contributed by atoms with van der Waals surface area (Å²) < 4.78 is 5.29. The first-order valence-corrected chi connectivity index (χ1v) is 6.13. The highest BCUT2D eigenvalue weighted by Crippen LogP contribution is 2.23. The number of carboxylic acids is 2. The number of pyridine rings is 1. The third-order valence-corrected chi connectivity index (χ3v) is 2.78. The number of carbonyl (C=O) groups is 2. The maximum absolute atomic E-state index is 11.0. The van der Waals surface area contributed by atoms with Gasteiger partial charge in [0.2, 0.25) is 5.88 Å². The molecule has 0 bridgehead atoms. The van der Waals surface area contributed by atoms with Crippen LogP contribution in [0.1, 0.15) is 25.3 Å². The van der Waals surface area contributed by atoms with Gasteiger partial charge in [-0.25, -0.2) is 9.78 Å². The lowest BCUT2D eigenvalue weighted by atomic mass is 9.92. The van der Waals surface area contributed by atoms with Gasteiger partial charge >= 0.3 is 11.9 Å². The summed E-state index contributed by atoms with van der Waals surface area (Å²) in [5, 5.41) is 27.5. The molecule has 0 saturated carbocycles. The quantitative estimate of drug-likeness (QED) is 0.643. The van der Waals surface area contributed by atoms with Gasteiger partial charge < -0.3 is 20.1 Å². The molecule has 0 aromatic carbocycles. The van der Waals surface area contributed by atoms with Crippen molar-refractivity contribution < 1.29 is 29.6 Å². The molecule has 7 nitrogen and oxygen atoms in total. The molecule has 20 heavy (non-hydrogen) atoms. The van der Waals surface area contributed by atoms with Crippen molar-refractivity contribution in [3.63, 3.8) is 0 Å². The van der Waals surface area contributed by atoms with Crippen LogP contribution in [0.4, 0.5) is 0 Å². The van der Waals surface area contributed by atoms with Crippen molar-refractivity contribution in [1.82, 2.24) is 4.98 Å². The zero-order valence-electron chi connectivity index (χ0n) is 11.1. The topological polar surface area (TPSA) is 117 Å². The average Bonchev–Trinajstić information content (AvgIpc) is 2.37. The summed E-state index contributed by atoms with van der Waals surface area (Å²) in [7, 11) is 0. The SMILES string of the molecule is CCOc1ncccc1CCC(O)(CC(=O)O)C(=O)O. The molecule has 0 aliphatic carbocycles. The van der Waals surface area contributed by atoms with E-state index in [9.17, 15) is 14.7 Å². The number of hydrogen-bond donors (Lipinski definition) is 3. The van der Waals surface area contributed by atoms with Crippen LogP contribution >= 0.6 is 0 Å². The van der Waals surface area contributed by atoms with Gasteiger partial charge in [-0.05, 0) is 25.8 Å². The molecule has 110 valence electrons. The molecule has 0 fully saturated rings. The monoisotopic (exact) mass is 283 g/mol. The molecule has 1 atom stereocenters. The van der Waals surface area contributed by atoms with Gasteiger partial charge in [-0.3, -0.25) is 4.79 Å². The van der Waals surface area contributed by atoms with Crippen LogP contribution in [0.5, 0.6) is 5.88 Å². The van der Waals surface area contributed by atoms with E-state index in [0.29, 0.717) is 18.1 Å². The second-order valence-electron chi connectivity index (χ2n) is 4.31. The highest BCUT2D eigenvalue weighted by molar-refractivity contribution is 5.83. The molecule has 1 rings (SSSR count). The van der Waals surface area contributed by atoms with Gasteiger partial charge in [-0.15, -0.1) is 0 Å². The lowest BCUT2D eigenvalue weighted by molar-refractivity contribution is -0.166. The number of carboxylic acid groups (broad SMARTS) is 2. The minimum Gasteiger partial charge on any atom is -0.481 e. The molecule has 0 amide bonds. The van der Waals surface area contributed by atoms with Crippen molar-refractivity contribution in [2.75, 3.05) is 6.61 Å². The summed E-state index contributed by atoms with van der Waals surface area (Å²) in [6.45, 7) is 2.19. The Morgan fingerprint density at radius 3 is 2.65 bits per heavy atom. The van der Waals surface area contributed by atoms with E-state index >= 15 is 0 Å². The molecule has 1 unspecified atom stereocenters. The number of ether oxygens (including phenoxy) is 1. The van der Waals surface area contributed by atoms with Crippen molar-refractivity contribution in [1.29, 1.82) is 0 Å². The summed E-state index contributed by atoms with van der Waals surface area (Å²) in [4.78, 5) is 25.7. The van der Waals surface area contributed by atoms with E-state index in [2.05, 4.69) is 4.98 Å². The van der Waals surface area contributed by atoms with Crippen molar-refractivity contribution in [2.45, 2.75) is 31.8 Å². The Bertz CT molecular complexity index is 490. The van der Waals surface area contributed by atoms with E-state index in [1.54, 1.807) is 19.1 Å². The van der Waals surface area contributed by atoms with Gasteiger partial charge in [0.05, 0.1) is 13.0 Å². The molecule has 0 radical (unpaired) electrons. The first-order valence-electron chi connectivity index (χ1n) is 6.13. The van der Waals surface area contributed by atoms with Gasteiger partial charge in [0.15, 0.2) is 5.60 Å². The van der Waals surface area contributed by atoms with Crippen LogP contribution in [0.15, 0.2) is 18.3 Å². The Morgan fingerprint density at radius 1 is 1.40 bits per heavy atom. The summed E-state index contributed by atoms with van der Waals surface area (Å²) in [5.74, 6) is -2.56. The Labute approximate surface area is 115 Å². The smallest absolute Gasteiger partial charge is 0.336 e. The third-order valence-electron chi connectivity index (χ3n) is 2.78. The molecule has 1 heterocycles. The number of rotatable bonds is 8. The van der Waals surface area contributed by atoms with Crippen molar-refractivity contribution in [2.24, 2.45) is 0 Å². The summed E-state index contributed by atoms with van der Waals surface area (Å²) >= 11 is 0. The zero-order chi connectivity index (χ0) is 15.2. The highest BCUT2D eigenvalue weighted by atomic mass is 16.5. The normalized spacial score (nSPS) is 13.5. The van der Waals surface area contributed by atoms with Crippen LogP contribution in [0.2, 0.25) is 0 Å². The molecule has 7 heteroatoms. The van der Waals surface area contributed by atoms with Crippen LogP contribution in [0.25, 0.3) is 0 Å². The standard InChI is InChI=1S/C13H17NO6/c1-2-20-11-9(4-3-7-14-11)5-6-13(19,12(17)18)8-10(15)16/h3-4,7,19H,2,5-6,8H2,1H3,(H,15,16)(H,17,18). The fourth-order valence-electron chi connectivity index (χ4n) is 1.74. The number of aryl methyl sites for hydroxylation is 1. The minimum absolute atomic E-state index is 0.152. The van der Waals surface area contributed by atoms with Crippen LogP contribution in [0.3, 0.4) is 0 Å². The largest absolute Gasteiger partial charge is 0.481 e. The molecule has 0 saturated heterocycles. The second-order valence-corrected chi connectivity index (χ2v) is 4.31. The number of aliphatic carboxylic acids is 2. The first kappa shape index (κ1) is 15.9. The van der Waals surface area contributed by atoms with E-state index in [1.165, 1.54) is 6.20 Å². The summed E-state index contributed by atoms with van der Waals surface area (Å²) in [5.41, 5.74) is -1.68. The van der Waals surface area contributed by atoms with Crippen LogP contribution in [-0.4, -0.2) is 44.5 Å². The fourth-order valence-corrected chi connectivity index (χ4v) is 1.74. The molecular formula is C13H17NO6. The van der Waals surface area contributed by atoms with Crippen LogP contribution in [-0.2, 0) is 16.0 Å². The Morgan fingerprint density at radius 2 is 2.10 bits per heavy atom. The summed E-state index contributed by atoms with van der Waals surface area (Å²) in [6.07, 6.45) is 0.599. The van der Waals surface area contributed by atoms with E-state index in [0.717, 1.165) is 0 Å². The Hall–Kier alpha value is -2.15. The first-order chi connectivity index (χ1) is 9.39. The molecule has 1 aromatic heterocycles. The molecule has 1 aromatic rings. The van der Waals surface area contributed by atoms with Crippen LogP contribution < -0.4 is 4.74 Å². The molecule has 0 spiro atoms. The van der Waals surface area contributed by atoms with Crippen molar-refractivity contribution in [3.05, 3.63) is 23.9 Å². The van der Waals surface area contributed by atoms with Crippen molar-refractivity contribution >= 4 is 11.9 Å². The van der Waals surface area contributed by atoms with Gasteiger partial charge in [0.25, 0.3) is 0 Å². The highest BCUT2D eigenvalue weighted by Gasteiger charge is 2.38. The second kappa shape index (κ2) is 6.85. The number of hydrogen-bond acceptors (Lipinski definition) is 5. The van der Waals surface area contributed by atoms with E-state index in [-0.39, 0.29) is 12.8 Å². The molecule has 0 aliphatic rings. The van der Waals surface area contributed by atoms with Gasteiger partial charge in [-0.2, -0.15) is 0 Å².